The summed E-state index contributed by atoms with van der Waals surface area (Å²) < 4.78 is 56.5. The Bertz CT molecular complexity index is 1520. The molecule has 0 aliphatic carbocycles. The number of hydrogen-bond acceptors (Lipinski definition) is 9. The minimum absolute atomic E-state index is 0.0400. The molecule has 0 spiro atoms. The van der Waals surface area contributed by atoms with Crippen LogP contribution in [0.15, 0.2) is 66.9 Å². The van der Waals surface area contributed by atoms with E-state index in [1.54, 1.807) is 54.6 Å². The van der Waals surface area contributed by atoms with Crippen LogP contribution in [-0.2, 0) is 10.0 Å². The van der Waals surface area contributed by atoms with Gasteiger partial charge in [-0.3, -0.25) is 4.72 Å². The van der Waals surface area contributed by atoms with Gasteiger partial charge in [0, 0.05) is 29.1 Å². The minimum atomic E-state index is -3.44. The molecule has 0 fully saturated rings. The second kappa shape index (κ2) is 11.2. The van der Waals surface area contributed by atoms with Crippen LogP contribution in [0.4, 0.5) is 33.2 Å². The Balaban J connectivity index is 1.56. The highest BCUT2D eigenvalue weighted by Gasteiger charge is 2.15. The lowest BCUT2D eigenvalue weighted by Crippen LogP contribution is -2.10. The van der Waals surface area contributed by atoms with Crippen LogP contribution in [0.5, 0.6) is 17.2 Å². The predicted octanol–water partition coefficient (Wildman–Crippen LogP) is 5.17. The second-order valence-corrected chi connectivity index (χ2v) is 9.80. The number of aromatic nitrogens is 2. The standard InChI is InChI=1S/C26H26FN5O5S/c1-35-22-13-18(14-23(36-2)24(22)37-3)30-26-28-15-20(27)25(31-26)29-17-11-9-16(10-12-17)19-7-5-6-8-21(19)32-38(4,33)34/h5-15,32H,1-4H3,(H2,28,29,30,31). The zero-order valence-electron chi connectivity index (χ0n) is 21.1. The summed E-state index contributed by atoms with van der Waals surface area (Å²) in [5, 5.41) is 5.96. The smallest absolute Gasteiger partial charge is 0.229 e. The highest BCUT2D eigenvalue weighted by Crippen LogP contribution is 2.40. The lowest BCUT2D eigenvalue weighted by atomic mass is 10.0. The van der Waals surface area contributed by atoms with Crippen LogP contribution in [0, 0.1) is 5.82 Å². The van der Waals surface area contributed by atoms with E-state index in [2.05, 4.69) is 25.3 Å². The monoisotopic (exact) mass is 539 g/mol. The fourth-order valence-corrected chi connectivity index (χ4v) is 4.27. The summed E-state index contributed by atoms with van der Waals surface area (Å²) in [6, 6.07) is 17.5. The highest BCUT2D eigenvalue weighted by atomic mass is 32.2. The number of nitrogens with zero attached hydrogens (tertiary/aromatic N) is 2. The van der Waals surface area contributed by atoms with E-state index in [9.17, 15) is 12.8 Å². The van der Waals surface area contributed by atoms with Crippen molar-refractivity contribution >= 4 is 38.9 Å². The molecule has 0 aliphatic rings. The third-order valence-electron chi connectivity index (χ3n) is 5.35. The first-order valence-corrected chi connectivity index (χ1v) is 13.1. The molecule has 0 saturated carbocycles. The van der Waals surface area contributed by atoms with Crippen molar-refractivity contribution < 1.29 is 27.0 Å². The van der Waals surface area contributed by atoms with Crippen molar-refractivity contribution in [2.45, 2.75) is 0 Å². The average molecular weight is 540 g/mol. The summed E-state index contributed by atoms with van der Waals surface area (Å²) in [4.78, 5) is 8.27. The number of ether oxygens (including phenoxy) is 3. The number of sulfonamides is 1. The highest BCUT2D eigenvalue weighted by molar-refractivity contribution is 7.92. The van der Waals surface area contributed by atoms with Gasteiger partial charge in [-0.1, -0.05) is 30.3 Å². The van der Waals surface area contributed by atoms with Crippen molar-refractivity contribution in [3.8, 4) is 28.4 Å². The summed E-state index contributed by atoms with van der Waals surface area (Å²) in [5.41, 5.74) is 3.05. The van der Waals surface area contributed by atoms with E-state index in [1.807, 2.05) is 6.07 Å². The summed E-state index contributed by atoms with van der Waals surface area (Å²) in [6.07, 6.45) is 2.15. The molecule has 38 heavy (non-hydrogen) atoms. The van der Waals surface area contributed by atoms with Gasteiger partial charge in [0.25, 0.3) is 0 Å². The van der Waals surface area contributed by atoms with Crippen LogP contribution in [0.3, 0.4) is 0 Å². The third-order valence-corrected chi connectivity index (χ3v) is 5.94. The molecule has 3 N–H and O–H groups in total. The van der Waals surface area contributed by atoms with Crippen LogP contribution >= 0.6 is 0 Å². The van der Waals surface area contributed by atoms with Crippen LogP contribution in [0.1, 0.15) is 0 Å². The topological polar surface area (TPSA) is 124 Å². The van der Waals surface area contributed by atoms with E-state index >= 15 is 0 Å². The molecule has 198 valence electrons. The molecule has 12 heteroatoms. The molecule has 10 nitrogen and oxygen atoms in total. The zero-order valence-corrected chi connectivity index (χ0v) is 21.9. The first-order chi connectivity index (χ1) is 18.2. The molecule has 0 unspecified atom stereocenters. The third kappa shape index (κ3) is 6.21. The van der Waals surface area contributed by atoms with Gasteiger partial charge in [-0.2, -0.15) is 4.98 Å². The molecule has 0 atom stereocenters. The molecule has 4 aromatic rings. The quantitative estimate of drug-likeness (QED) is 0.250. The Labute approximate surface area is 219 Å². The Morgan fingerprint density at radius 2 is 1.50 bits per heavy atom. The molecule has 0 radical (unpaired) electrons. The Morgan fingerprint density at radius 1 is 0.842 bits per heavy atom. The molecule has 4 rings (SSSR count). The van der Waals surface area contributed by atoms with E-state index in [0.717, 1.165) is 18.0 Å². The summed E-state index contributed by atoms with van der Waals surface area (Å²) in [7, 11) is 1.07. The fraction of sp³-hybridized carbons (Fsp3) is 0.154. The predicted molar refractivity (Wildman–Crippen MR) is 145 cm³/mol. The van der Waals surface area contributed by atoms with E-state index in [0.29, 0.717) is 39.9 Å². The van der Waals surface area contributed by atoms with Crippen molar-refractivity contribution in [1.82, 2.24) is 9.97 Å². The number of para-hydroxylation sites is 1. The number of nitrogens with one attached hydrogen (secondary N) is 3. The van der Waals surface area contributed by atoms with Gasteiger partial charge in [-0.25, -0.2) is 17.8 Å². The zero-order chi connectivity index (χ0) is 27.3. The van der Waals surface area contributed by atoms with Crippen molar-refractivity contribution in [3.63, 3.8) is 0 Å². The summed E-state index contributed by atoms with van der Waals surface area (Å²) >= 11 is 0. The lowest BCUT2D eigenvalue weighted by molar-refractivity contribution is 0.324. The molecule has 0 aliphatic heterocycles. The van der Waals surface area contributed by atoms with Crippen molar-refractivity contribution in [1.29, 1.82) is 0 Å². The molecule has 1 aromatic heterocycles. The van der Waals surface area contributed by atoms with E-state index < -0.39 is 15.8 Å². The molecular formula is C26H26FN5O5S. The van der Waals surface area contributed by atoms with Gasteiger partial charge >= 0.3 is 0 Å². The molecule has 3 aromatic carbocycles. The fourth-order valence-electron chi connectivity index (χ4n) is 3.69. The van der Waals surface area contributed by atoms with E-state index in [-0.39, 0.29) is 11.8 Å². The Hall–Kier alpha value is -4.58. The van der Waals surface area contributed by atoms with E-state index in [1.165, 1.54) is 21.3 Å². The van der Waals surface area contributed by atoms with Gasteiger partial charge in [-0.05, 0) is 23.8 Å². The first kappa shape index (κ1) is 26.5. The maximum Gasteiger partial charge on any atom is 0.229 e. The van der Waals surface area contributed by atoms with Crippen molar-refractivity contribution in [2.75, 3.05) is 42.9 Å². The lowest BCUT2D eigenvalue weighted by Gasteiger charge is -2.15. The number of benzene rings is 3. The Kier molecular flexibility index (Phi) is 7.82. The average Bonchev–Trinajstić information content (AvgIpc) is 2.90. The summed E-state index contributed by atoms with van der Waals surface area (Å²) in [5.74, 6) is 0.752. The van der Waals surface area contributed by atoms with Crippen molar-refractivity contribution in [2.24, 2.45) is 0 Å². The maximum atomic E-state index is 14.5. The normalized spacial score (nSPS) is 11.0. The molecule has 1 heterocycles. The van der Waals surface area contributed by atoms with Crippen LogP contribution in [-0.4, -0.2) is 46.0 Å². The number of halogens is 1. The van der Waals surface area contributed by atoms with Gasteiger partial charge in [0.05, 0.1) is 39.5 Å². The van der Waals surface area contributed by atoms with Gasteiger partial charge in [0.15, 0.2) is 23.1 Å². The van der Waals surface area contributed by atoms with Gasteiger partial charge in [-0.15, -0.1) is 0 Å². The van der Waals surface area contributed by atoms with Gasteiger partial charge < -0.3 is 24.8 Å². The van der Waals surface area contributed by atoms with Crippen LogP contribution < -0.4 is 29.6 Å². The largest absolute Gasteiger partial charge is 0.493 e. The van der Waals surface area contributed by atoms with E-state index in [4.69, 9.17) is 14.2 Å². The second-order valence-electron chi connectivity index (χ2n) is 8.05. The van der Waals surface area contributed by atoms with Crippen LogP contribution in [0.25, 0.3) is 11.1 Å². The van der Waals surface area contributed by atoms with Gasteiger partial charge in [0.1, 0.15) is 0 Å². The maximum absolute atomic E-state index is 14.5. The number of methoxy groups -OCH3 is 3. The SMILES string of the molecule is COc1cc(Nc2ncc(F)c(Nc3ccc(-c4ccccc4NS(C)(=O)=O)cc3)n2)cc(OC)c1OC. The molecular weight excluding hydrogens is 513 g/mol. The number of hydrogen-bond donors (Lipinski definition) is 3. The van der Waals surface area contributed by atoms with Gasteiger partial charge in [0.2, 0.25) is 21.7 Å². The molecule has 0 bridgehead atoms. The Morgan fingerprint density at radius 3 is 2.11 bits per heavy atom. The minimum Gasteiger partial charge on any atom is -0.493 e. The number of anilines is 5. The molecule has 0 amide bonds. The summed E-state index contributed by atoms with van der Waals surface area (Å²) in [6.45, 7) is 0. The van der Waals surface area contributed by atoms with Crippen LogP contribution in [0.2, 0.25) is 0 Å². The molecule has 0 saturated heterocycles. The van der Waals surface area contributed by atoms with Crippen molar-refractivity contribution in [3.05, 3.63) is 72.7 Å². The number of rotatable bonds is 10. The first-order valence-electron chi connectivity index (χ1n) is 11.2.